The molecule has 0 aliphatic carbocycles. The predicted molar refractivity (Wildman–Crippen MR) is 43.7 cm³/mol. The van der Waals surface area contributed by atoms with Gasteiger partial charge in [0.25, 0.3) is 0 Å². The molecule has 1 saturated heterocycles. The molecule has 1 rings (SSSR count). The first-order valence-corrected chi connectivity index (χ1v) is 4.49. The summed E-state index contributed by atoms with van der Waals surface area (Å²) in [6.07, 6.45) is 1.39. The molecule has 1 fully saturated rings. The van der Waals surface area contributed by atoms with E-state index in [1.807, 2.05) is 0 Å². The first-order chi connectivity index (χ1) is 5.24. The van der Waals surface area contributed by atoms with Gasteiger partial charge in [-0.05, 0) is 12.8 Å². The second-order valence-electron chi connectivity index (χ2n) is 2.52. The molecule has 0 radical (unpaired) electrons. The molecular formula is C7H11BrO3. The zero-order valence-corrected chi connectivity index (χ0v) is 7.96. The minimum Gasteiger partial charge on any atom is -0.467 e. The Bertz CT molecular complexity index is 141. The van der Waals surface area contributed by atoms with Crippen molar-refractivity contribution in [3.63, 3.8) is 0 Å². The average Bonchev–Trinajstić information content (AvgIpc) is 2.05. The van der Waals surface area contributed by atoms with Crippen molar-refractivity contribution in [1.82, 2.24) is 0 Å². The number of esters is 1. The first-order valence-electron chi connectivity index (χ1n) is 3.57. The van der Waals surface area contributed by atoms with Gasteiger partial charge in [-0.15, -0.1) is 0 Å². The van der Waals surface area contributed by atoms with Crippen LogP contribution in [0.15, 0.2) is 0 Å². The number of carbonyl (C=O) groups excluding carboxylic acids is 1. The number of hydrogen-bond acceptors (Lipinski definition) is 3. The van der Waals surface area contributed by atoms with Crippen molar-refractivity contribution in [3.05, 3.63) is 0 Å². The number of hydrogen-bond donors (Lipinski definition) is 0. The normalized spacial score (nSPS) is 31.5. The van der Waals surface area contributed by atoms with Gasteiger partial charge in [-0.1, -0.05) is 15.9 Å². The summed E-state index contributed by atoms with van der Waals surface area (Å²) in [7, 11) is 1.38. The molecular weight excluding hydrogens is 212 g/mol. The fraction of sp³-hybridized carbons (Fsp3) is 0.857. The molecule has 0 bridgehead atoms. The summed E-state index contributed by atoms with van der Waals surface area (Å²) in [4.78, 5) is 11.3. The Morgan fingerprint density at radius 2 is 2.36 bits per heavy atom. The van der Waals surface area contributed by atoms with E-state index in [2.05, 4.69) is 20.7 Å². The molecule has 0 amide bonds. The van der Waals surface area contributed by atoms with E-state index in [0.29, 0.717) is 11.4 Å². The number of ether oxygens (including phenoxy) is 2. The number of alkyl halides is 1. The maximum atomic E-state index is 10.9. The Morgan fingerprint density at radius 1 is 1.64 bits per heavy atom. The van der Waals surface area contributed by atoms with E-state index in [-0.39, 0.29) is 12.1 Å². The minimum absolute atomic E-state index is 0.260. The molecule has 0 spiro atoms. The quantitative estimate of drug-likeness (QED) is 0.493. The molecule has 2 atom stereocenters. The van der Waals surface area contributed by atoms with Gasteiger partial charge in [0, 0.05) is 4.83 Å². The summed E-state index contributed by atoms with van der Waals surface area (Å²) >= 11 is 3.41. The standard InChI is InChI=1S/C7H11BrO3/c1-10-7(9)6-3-2-5(8)4-11-6/h5-6H,2-4H2,1H3. The highest BCUT2D eigenvalue weighted by Crippen LogP contribution is 2.19. The second-order valence-corrected chi connectivity index (χ2v) is 3.81. The summed E-state index contributed by atoms with van der Waals surface area (Å²) in [6, 6.07) is 0. The van der Waals surface area contributed by atoms with Gasteiger partial charge in [0.05, 0.1) is 13.7 Å². The Hall–Kier alpha value is -0.0900. The third kappa shape index (κ3) is 2.45. The number of methoxy groups -OCH3 is 1. The van der Waals surface area contributed by atoms with E-state index in [1.165, 1.54) is 7.11 Å². The fourth-order valence-corrected chi connectivity index (χ4v) is 1.45. The monoisotopic (exact) mass is 222 g/mol. The lowest BCUT2D eigenvalue weighted by molar-refractivity contribution is -0.156. The van der Waals surface area contributed by atoms with Gasteiger partial charge in [0.1, 0.15) is 0 Å². The minimum atomic E-state index is -0.339. The summed E-state index contributed by atoms with van der Waals surface area (Å²) in [5, 5.41) is 0. The highest BCUT2D eigenvalue weighted by Gasteiger charge is 2.26. The molecule has 3 nitrogen and oxygen atoms in total. The van der Waals surface area contributed by atoms with Crippen molar-refractivity contribution in [1.29, 1.82) is 0 Å². The van der Waals surface area contributed by atoms with E-state index in [0.717, 1.165) is 12.8 Å². The Balaban J connectivity index is 2.33. The molecule has 0 N–H and O–H groups in total. The van der Waals surface area contributed by atoms with Gasteiger partial charge in [-0.2, -0.15) is 0 Å². The third-order valence-corrected chi connectivity index (χ3v) is 2.41. The van der Waals surface area contributed by atoms with Crippen LogP contribution in [-0.4, -0.2) is 30.6 Å². The van der Waals surface area contributed by atoms with Crippen LogP contribution in [0, 0.1) is 0 Å². The van der Waals surface area contributed by atoms with Crippen molar-refractivity contribution in [2.75, 3.05) is 13.7 Å². The second kappa shape index (κ2) is 4.07. The van der Waals surface area contributed by atoms with E-state index in [4.69, 9.17) is 4.74 Å². The molecule has 0 saturated carbocycles. The van der Waals surface area contributed by atoms with Crippen LogP contribution in [0.25, 0.3) is 0 Å². The molecule has 4 heteroatoms. The lowest BCUT2D eigenvalue weighted by atomic mass is 10.1. The smallest absolute Gasteiger partial charge is 0.334 e. The molecule has 11 heavy (non-hydrogen) atoms. The van der Waals surface area contributed by atoms with Crippen molar-refractivity contribution < 1.29 is 14.3 Å². The predicted octanol–water partition coefficient (Wildman–Crippen LogP) is 1.10. The van der Waals surface area contributed by atoms with Gasteiger partial charge in [-0.3, -0.25) is 0 Å². The van der Waals surface area contributed by atoms with Crippen molar-refractivity contribution in [3.8, 4) is 0 Å². The van der Waals surface area contributed by atoms with E-state index in [1.54, 1.807) is 0 Å². The van der Waals surface area contributed by atoms with Crippen molar-refractivity contribution >= 4 is 21.9 Å². The van der Waals surface area contributed by atoms with Crippen LogP contribution in [0.5, 0.6) is 0 Å². The first kappa shape index (κ1) is 9.00. The molecule has 2 unspecified atom stereocenters. The summed E-state index contributed by atoms with van der Waals surface area (Å²) < 4.78 is 9.77. The van der Waals surface area contributed by atoms with Gasteiger partial charge in [0.2, 0.25) is 0 Å². The summed E-state index contributed by atoms with van der Waals surface area (Å²) in [5.41, 5.74) is 0. The molecule has 64 valence electrons. The Morgan fingerprint density at radius 3 is 2.82 bits per heavy atom. The molecule has 1 heterocycles. The highest BCUT2D eigenvalue weighted by molar-refractivity contribution is 9.09. The lowest BCUT2D eigenvalue weighted by Gasteiger charge is -2.23. The SMILES string of the molecule is COC(=O)C1CCC(Br)CO1. The van der Waals surface area contributed by atoms with Gasteiger partial charge in [0.15, 0.2) is 6.10 Å². The Kier molecular flexibility index (Phi) is 3.33. The van der Waals surface area contributed by atoms with Crippen molar-refractivity contribution in [2.45, 2.75) is 23.8 Å². The number of carbonyl (C=O) groups is 1. The molecule has 1 aliphatic rings. The third-order valence-electron chi connectivity index (χ3n) is 1.68. The van der Waals surface area contributed by atoms with E-state index in [9.17, 15) is 4.79 Å². The molecule has 0 aromatic carbocycles. The van der Waals surface area contributed by atoms with Crippen LogP contribution < -0.4 is 0 Å². The largest absolute Gasteiger partial charge is 0.467 e. The summed E-state index contributed by atoms with van der Waals surface area (Å²) in [6.45, 7) is 0.597. The van der Waals surface area contributed by atoms with Crippen LogP contribution in [0.1, 0.15) is 12.8 Å². The van der Waals surface area contributed by atoms with Gasteiger partial charge in [-0.25, -0.2) is 4.79 Å². The maximum absolute atomic E-state index is 10.9. The van der Waals surface area contributed by atoms with Crippen LogP contribution in [0.2, 0.25) is 0 Å². The Labute approximate surface area is 74.2 Å². The topological polar surface area (TPSA) is 35.5 Å². The zero-order valence-electron chi connectivity index (χ0n) is 6.38. The number of halogens is 1. The van der Waals surface area contributed by atoms with Gasteiger partial charge < -0.3 is 9.47 Å². The number of rotatable bonds is 1. The van der Waals surface area contributed by atoms with Crippen LogP contribution >= 0.6 is 15.9 Å². The molecule has 0 aromatic rings. The van der Waals surface area contributed by atoms with Crippen molar-refractivity contribution in [2.24, 2.45) is 0 Å². The summed E-state index contributed by atoms with van der Waals surface area (Å²) in [5.74, 6) is -0.260. The van der Waals surface area contributed by atoms with Crippen LogP contribution in [0.4, 0.5) is 0 Å². The van der Waals surface area contributed by atoms with Crippen LogP contribution in [0.3, 0.4) is 0 Å². The highest BCUT2D eigenvalue weighted by atomic mass is 79.9. The average molecular weight is 223 g/mol. The van der Waals surface area contributed by atoms with Gasteiger partial charge >= 0.3 is 5.97 Å². The van der Waals surface area contributed by atoms with Crippen LogP contribution in [-0.2, 0) is 14.3 Å². The fourth-order valence-electron chi connectivity index (χ4n) is 1.04. The molecule has 1 aliphatic heterocycles. The zero-order chi connectivity index (χ0) is 8.27. The lowest BCUT2D eigenvalue weighted by Crippen LogP contribution is -2.33. The maximum Gasteiger partial charge on any atom is 0.334 e. The van der Waals surface area contributed by atoms with E-state index >= 15 is 0 Å². The van der Waals surface area contributed by atoms with E-state index < -0.39 is 0 Å². The molecule has 0 aromatic heterocycles.